The van der Waals surface area contributed by atoms with Crippen LogP contribution in [-0.2, 0) is 4.79 Å². The Morgan fingerprint density at radius 2 is 1.91 bits per heavy atom. The van der Waals surface area contributed by atoms with E-state index < -0.39 is 0 Å². The molecule has 0 saturated heterocycles. The van der Waals surface area contributed by atoms with E-state index in [2.05, 4.69) is 10.3 Å². The largest absolute Gasteiger partial charge is 0.492 e. The van der Waals surface area contributed by atoms with Crippen LogP contribution in [0.2, 0.25) is 5.02 Å². The number of hydrogen-bond acceptors (Lipinski definition) is 3. The van der Waals surface area contributed by atoms with Gasteiger partial charge in [0, 0.05) is 46.2 Å². The van der Waals surface area contributed by atoms with Gasteiger partial charge in [0.15, 0.2) is 5.96 Å². The Bertz CT molecular complexity index is 517. The molecule has 1 N–H and O–H groups in total. The van der Waals surface area contributed by atoms with Crippen molar-refractivity contribution in [2.45, 2.75) is 6.42 Å². The fraction of sp³-hybridized carbons (Fsp3) is 0.500. The minimum Gasteiger partial charge on any atom is -0.492 e. The first-order valence-corrected chi connectivity index (χ1v) is 7.82. The maximum absolute atomic E-state index is 11.5. The molecule has 1 amide bonds. The first-order chi connectivity index (χ1) is 10.9. The van der Waals surface area contributed by atoms with Gasteiger partial charge in [-0.15, -0.1) is 0 Å². The Balaban J connectivity index is 2.32. The molecule has 23 heavy (non-hydrogen) atoms. The third-order valence-electron chi connectivity index (χ3n) is 3.20. The quantitative estimate of drug-likeness (QED) is 0.606. The topological polar surface area (TPSA) is 57.2 Å². The summed E-state index contributed by atoms with van der Waals surface area (Å²) in [6.45, 7) is 1.74. The highest BCUT2D eigenvalue weighted by Crippen LogP contribution is 2.15. The summed E-state index contributed by atoms with van der Waals surface area (Å²) in [4.78, 5) is 19.3. The van der Waals surface area contributed by atoms with Crippen molar-refractivity contribution in [1.29, 1.82) is 0 Å². The molecule has 0 atom stereocenters. The zero-order chi connectivity index (χ0) is 17.2. The molecule has 0 radical (unpaired) electrons. The Morgan fingerprint density at radius 3 is 2.48 bits per heavy atom. The van der Waals surface area contributed by atoms with Crippen LogP contribution in [0.15, 0.2) is 29.3 Å². The van der Waals surface area contributed by atoms with E-state index in [0.29, 0.717) is 31.1 Å². The second-order valence-corrected chi connectivity index (χ2v) is 5.67. The molecule has 0 aliphatic carbocycles. The average molecular weight is 341 g/mol. The number of likely N-dealkylation sites (N-methyl/N-ethyl adjacent to an activating group) is 1. The van der Waals surface area contributed by atoms with Crippen molar-refractivity contribution < 1.29 is 9.53 Å². The number of aliphatic imine (C=N–C) groups is 1. The van der Waals surface area contributed by atoms with Crippen LogP contribution in [0.3, 0.4) is 0 Å². The molecule has 0 spiro atoms. The van der Waals surface area contributed by atoms with Gasteiger partial charge in [-0.05, 0) is 24.3 Å². The van der Waals surface area contributed by atoms with Crippen molar-refractivity contribution in [2.24, 2.45) is 4.99 Å². The molecule has 0 saturated carbocycles. The summed E-state index contributed by atoms with van der Waals surface area (Å²) in [7, 11) is 7.13. The normalized spacial score (nSPS) is 11.1. The molecule has 0 aliphatic rings. The minimum absolute atomic E-state index is 0.0849. The van der Waals surface area contributed by atoms with Crippen LogP contribution in [0.25, 0.3) is 0 Å². The molecule has 1 aromatic carbocycles. The maximum Gasteiger partial charge on any atom is 0.223 e. The Hall–Kier alpha value is -1.95. The van der Waals surface area contributed by atoms with Gasteiger partial charge in [-0.1, -0.05) is 11.6 Å². The first-order valence-electron chi connectivity index (χ1n) is 7.44. The number of nitrogens with one attached hydrogen (secondary N) is 1. The zero-order valence-corrected chi connectivity index (χ0v) is 14.9. The van der Waals surface area contributed by atoms with Crippen LogP contribution in [0.1, 0.15) is 6.42 Å². The summed E-state index contributed by atoms with van der Waals surface area (Å²) in [5.41, 5.74) is 0. The van der Waals surface area contributed by atoms with Crippen molar-refractivity contribution in [2.75, 3.05) is 47.9 Å². The number of amides is 1. The number of ether oxygens (including phenoxy) is 1. The zero-order valence-electron chi connectivity index (χ0n) is 14.2. The number of hydrogen-bond donors (Lipinski definition) is 1. The fourth-order valence-corrected chi connectivity index (χ4v) is 1.95. The van der Waals surface area contributed by atoms with E-state index in [4.69, 9.17) is 16.3 Å². The van der Waals surface area contributed by atoms with Crippen molar-refractivity contribution in [1.82, 2.24) is 15.1 Å². The van der Waals surface area contributed by atoms with Gasteiger partial charge in [-0.2, -0.15) is 0 Å². The number of carbonyl (C=O) groups is 1. The average Bonchev–Trinajstić information content (AvgIpc) is 2.53. The maximum atomic E-state index is 11.5. The van der Waals surface area contributed by atoms with Crippen LogP contribution >= 0.6 is 11.6 Å². The molecule has 6 nitrogen and oxygen atoms in total. The van der Waals surface area contributed by atoms with Crippen LogP contribution in [-0.4, -0.2) is 69.6 Å². The lowest BCUT2D eigenvalue weighted by Crippen LogP contribution is -2.42. The smallest absolute Gasteiger partial charge is 0.223 e. The second-order valence-electron chi connectivity index (χ2n) is 5.24. The SMILES string of the molecule is CN=C(NCCC(=O)N(C)C)N(C)CCOc1ccc(Cl)cc1. The molecule has 0 aliphatic heterocycles. The molecule has 0 unspecified atom stereocenters. The minimum atomic E-state index is 0.0849. The van der Waals surface area contributed by atoms with E-state index in [0.717, 1.165) is 11.7 Å². The van der Waals surface area contributed by atoms with E-state index in [1.807, 2.05) is 24.1 Å². The Morgan fingerprint density at radius 1 is 1.26 bits per heavy atom. The highest BCUT2D eigenvalue weighted by atomic mass is 35.5. The summed E-state index contributed by atoms with van der Waals surface area (Å²) in [6, 6.07) is 7.26. The molecule has 0 aromatic heterocycles. The van der Waals surface area contributed by atoms with Gasteiger partial charge in [0.2, 0.25) is 5.91 Å². The van der Waals surface area contributed by atoms with Crippen LogP contribution in [0.4, 0.5) is 0 Å². The van der Waals surface area contributed by atoms with Crippen LogP contribution in [0.5, 0.6) is 5.75 Å². The van der Waals surface area contributed by atoms with Gasteiger partial charge >= 0.3 is 0 Å². The highest BCUT2D eigenvalue weighted by molar-refractivity contribution is 6.30. The third kappa shape index (κ3) is 7.23. The third-order valence-corrected chi connectivity index (χ3v) is 3.46. The Kier molecular flexibility index (Phi) is 8.26. The monoisotopic (exact) mass is 340 g/mol. The summed E-state index contributed by atoms with van der Waals surface area (Å²) in [5, 5.41) is 3.85. The van der Waals surface area contributed by atoms with E-state index >= 15 is 0 Å². The molecular weight excluding hydrogens is 316 g/mol. The van der Waals surface area contributed by atoms with Gasteiger partial charge in [0.1, 0.15) is 12.4 Å². The number of rotatable bonds is 7. The second kappa shape index (κ2) is 9.94. The number of carbonyl (C=O) groups excluding carboxylic acids is 1. The van der Waals surface area contributed by atoms with Gasteiger partial charge < -0.3 is 19.9 Å². The number of halogens is 1. The predicted octanol–water partition coefficient (Wildman–Crippen LogP) is 1.70. The molecule has 7 heteroatoms. The van der Waals surface area contributed by atoms with Gasteiger partial charge in [0.05, 0.1) is 6.54 Å². The summed E-state index contributed by atoms with van der Waals surface area (Å²) < 4.78 is 5.66. The van der Waals surface area contributed by atoms with Gasteiger partial charge in [-0.3, -0.25) is 9.79 Å². The van der Waals surface area contributed by atoms with Crippen molar-refractivity contribution >= 4 is 23.5 Å². The lowest BCUT2D eigenvalue weighted by Gasteiger charge is -2.22. The van der Waals surface area contributed by atoms with Crippen LogP contribution in [0, 0.1) is 0 Å². The van der Waals surface area contributed by atoms with E-state index in [9.17, 15) is 4.79 Å². The van der Waals surface area contributed by atoms with Gasteiger partial charge in [-0.25, -0.2) is 0 Å². The molecule has 1 rings (SSSR count). The highest BCUT2D eigenvalue weighted by Gasteiger charge is 2.08. The standard InChI is InChI=1S/C16H25ClN4O2/c1-18-16(19-10-9-15(22)20(2)3)21(4)11-12-23-14-7-5-13(17)6-8-14/h5-8H,9-12H2,1-4H3,(H,18,19). The number of benzene rings is 1. The molecule has 0 heterocycles. The van der Waals surface area contributed by atoms with E-state index in [-0.39, 0.29) is 5.91 Å². The summed E-state index contributed by atoms with van der Waals surface area (Å²) in [5.74, 6) is 1.60. The van der Waals surface area contributed by atoms with Crippen LogP contribution < -0.4 is 10.1 Å². The van der Waals surface area contributed by atoms with Crippen molar-refractivity contribution in [3.63, 3.8) is 0 Å². The Labute approximate surface area is 143 Å². The summed E-state index contributed by atoms with van der Waals surface area (Å²) >= 11 is 5.83. The molecule has 0 bridgehead atoms. The fourth-order valence-electron chi connectivity index (χ4n) is 1.83. The van der Waals surface area contributed by atoms with Gasteiger partial charge in [0.25, 0.3) is 0 Å². The lowest BCUT2D eigenvalue weighted by atomic mass is 10.3. The number of nitrogens with zero attached hydrogens (tertiary/aromatic N) is 3. The van der Waals surface area contributed by atoms with E-state index in [1.165, 1.54) is 0 Å². The molecule has 1 aromatic rings. The van der Waals surface area contributed by atoms with E-state index in [1.54, 1.807) is 38.2 Å². The first kappa shape index (κ1) is 19.1. The number of guanidine groups is 1. The lowest BCUT2D eigenvalue weighted by molar-refractivity contribution is -0.128. The molecule has 128 valence electrons. The molecule has 0 fully saturated rings. The predicted molar refractivity (Wildman–Crippen MR) is 94.2 cm³/mol. The molecular formula is C16H25ClN4O2. The van der Waals surface area contributed by atoms with Crippen molar-refractivity contribution in [3.05, 3.63) is 29.3 Å². The van der Waals surface area contributed by atoms with Crippen molar-refractivity contribution in [3.8, 4) is 5.75 Å². The summed E-state index contributed by atoms with van der Waals surface area (Å²) in [6.07, 6.45) is 0.432.